The highest BCUT2D eigenvalue weighted by Gasteiger charge is 2.14. The molecule has 0 fully saturated rings. The quantitative estimate of drug-likeness (QED) is 0.527. The summed E-state index contributed by atoms with van der Waals surface area (Å²) in [6.07, 6.45) is 1.68. The Hall–Kier alpha value is -3.52. The maximum absolute atomic E-state index is 11.7. The van der Waals surface area contributed by atoms with Gasteiger partial charge >= 0.3 is 0 Å². The molecule has 0 bridgehead atoms. The van der Waals surface area contributed by atoms with Crippen LogP contribution in [0, 0.1) is 0 Å². The molecular formula is C21H19N5O2S. The van der Waals surface area contributed by atoms with Gasteiger partial charge in [0.15, 0.2) is 0 Å². The first kappa shape index (κ1) is 18.8. The molecule has 0 aliphatic carbocycles. The molecule has 0 saturated heterocycles. The number of nitrogen functional groups attached to an aromatic ring is 1. The van der Waals surface area contributed by atoms with E-state index in [9.17, 15) is 8.42 Å². The summed E-state index contributed by atoms with van der Waals surface area (Å²) in [5.74, 6) is 0.192. The zero-order valence-electron chi connectivity index (χ0n) is 15.7. The summed E-state index contributed by atoms with van der Waals surface area (Å²) < 4.78 is 26.0. The standard InChI is InChI=1S/C21H19N5O2S/c1-29(27,28)26-17-10-6-5-9-15(17)16-11-12-18-20(23-16)19(25-21(22)24-18)13-14-7-3-2-4-8-14/h2-12,26H,13H2,1H3,(H2,22,24,25). The Morgan fingerprint density at radius 1 is 0.897 bits per heavy atom. The third-order valence-corrected chi connectivity index (χ3v) is 4.94. The first-order valence-corrected chi connectivity index (χ1v) is 10.8. The molecule has 2 aromatic heterocycles. The number of rotatable bonds is 5. The molecule has 0 atom stereocenters. The third kappa shape index (κ3) is 4.33. The number of aromatic nitrogens is 3. The van der Waals surface area contributed by atoms with Gasteiger partial charge in [-0.1, -0.05) is 48.5 Å². The number of hydrogen-bond donors (Lipinski definition) is 2. The molecule has 0 aliphatic heterocycles. The van der Waals surface area contributed by atoms with Crippen LogP contribution in [0.4, 0.5) is 11.6 Å². The van der Waals surface area contributed by atoms with Gasteiger partial charge in [0, 0.05) is 12.0 Å². The van der Waals surface area contributed by atoms with E-state index in [0.29, 0.717) is 40.1 Å². The summed E-state index contributed by atoms with van der Waals surface area (Å²) in [6.45, 7) is 0. The van der Waals surface area contributed by atoms with Gasteiger partial charge in [-0.15, -0.1) is 0 Å². The first-order valence-electron chi connectivity index (χ1n) is 8.93. The van der Waals surface area contributed by atoms with Gasteiger partial charge in [-0.05, 0) is 23.8 Å². The van der Waals surface area contributed by atoms with Crippen molar-refractivity contribution in [2.24, 2.45) is 0 Å². The molecule has 0 spiro atoms. The molecule has 146 valence electrons. The summed E-state index contributed by atoms with van der Waals surface area (Å²) in [6, 6.07) is 20.6. The number of pyridine rings is 1. The van der Waals surface area contributed by atoms with Crippen LogP contribution in [-0.4, -0.2) is 29.6 Å². The van der Waals surface area contributed by atoms with E-state index in [2.05, 4.69) is 14.7 Å². The van der Waals surface area contributed by atoms with E-state index in [4.69, 9.17) is 10.7 Å². The van der Waals surface area contributed by atoms with E-state index >= 15 is 0 Å². The highest BCUT2D eigenvalue weighted by Crippen LogP contribution is 2.29. The lowest BCUT2D eigenvalue weighted by molar-refractivity contribution is 0.607. The molecule has 2 aromatic carbocycles. The second-order valence-corrected chi connectivity index (χ2v) is 8.42. The van der Waals surface area contributed by atoms with Crippen LogP contribution in [0.25, 0.3) is 22.3 Å². The Balaban J connectivity index is 1.85. The van der Waals surface area contributed by atoms with Crippen molar-refractivity contribution in [3.8, 4) is 11.3 Å². The fraction of sp³-hybridized carbons (Fsp3) is 0.0952. The highest BCUT2D eigenvalue weighted by molar-refractivity contribution is 7.92. The van der Waals surface area contributed by atoms with E-state index < -0.39 is 10.0 Å². The number of anilines is 2. The molecule has 8 heteroatoms. The minimum Gasteiger partial charge on any atom is -0.368 e. The molecule has 29 heavy (non-hydrogen) atoms. The van der Waals surface area contributed by atoms with Gasteiger partial charge in [-0.3, -0.25) is 4.72 Å². The molecule has 4 rings (SSSR count). The minimum atomic E-state index is -3.42. The summed E-state index contributed by atoms with van der Waals surface area (Å²) in [5.41, 5.74) is 10.7. The molecule has 2 heterocycles. The number of sulfonamides is 1. The van der Waals surface area contributed by atoms with E-state index in [1.165, 1.54) is 0 Å². The maximum atomic E-state index is 11.7. The van der Waals surface area contributed by atoms with E-state index in [1.54, 1.807) is 18.2 Å². The zero-order chi connectivity index (χ0) is 20.4. The van der Waals surface area contributed by atoms with Crippen LogP contribution in [0.3, 0.4) is 0 Å². The van der Waals surface area contributed by atoms with Crippen molar-refractivity contribution in [1.82, 2.24) is 15.0 Å². The zero-order valence-corrected chi connectivity index (χ0v) is 16.5. The fourth-order valence-electron chi connectivity index (χ4n) is 3.15. The Morgan fingerprint density at radius 2 is 1.62 bits per heavy atom. The van der Waals surface area contributed by atoms with Crippen molar-refractivity contribution < 1.29 is 8.42 Å². The Kier molecular flexibility index (Phi) is 4.85. The normalized spacial score (nSPS) is 11.5. The predicted molar refractivity (Wildman–Crippen MR) is 115 cm³/mol. The van der Waals surface area contributed by atoms with Gasteiger partial charge in [0.05, 0.1) is 28.8 Å². The van der Waals surface area contributed by atoms with Crippen LogP contribution in [0.5, 0.6) is 0 Å². The van der Waals surface area contributed by atoms with Gasteiger partial charge in [0.25, 0.3) is 0 Å². The van der Waals surface area contributed by atoms with Gasteiger partial charge in [0.1, 0.15) is 5.52 Å². The summed E-state index contributed by atoms with van der Waals surface area (Å²) in [4.78, 5) is 13.5. The van der Waals surface area contributed by atoms with Crippen LogP contribution in [0.15, 0.2) is 66.7 Å². The van der Waals surface area contributed by atoms with Crippen LogP contribution >= 0.6 is 0 Å². The molecule has 7 nitrogen and oxygen atoms in total. The average molecular weight is 405 g/mol. The topological polar surface area (TPSA) is 111 Å². The summed E-state index contributed by atoms with van der Waals surface area (Å²) in [5, 5.41) is 0. The lowest BCUT2D eigenvalue weighted by atomic mass is 10.1. The maximum Gasteiger partial charge on any atom is 0.229 e. The number of fused-ring (bicyclic) bond motifs is 1. The largest absolute Gasteiger partial charge is 0.368 e. The average Bonchev–Trinajstić information content (AvgIpc) is 2.68. The van der Waals surface area contributed by atoms with E-state index in [1.807, 2.05) is 48.5 Å². The van der Waals surface area contributed by atoms with Gasteiger partial charge in [0.2, 0.25) is 16.0 Å². The smallest absolute Gasteiger partial charge is 0.229 e. The molecule has 0 radical (unpaired) electrons. The number of benzene rings is 2. The van der Waals surface area contributed by atoms with Crippen molar-refractivity contribution in [2.45, 2.75) is 6.42 Å². The minimum absolute atomic E-state index is 0.192. The van der Waals surface area contributed by atoms with Crippen molar-refractivity contribution in [3.63, 3.8) is 0 Å². The van der Waals surface area contributed by atoms with Gasteiger partial charge in [-0.2, -0.15) is 0 Å². The summed E-state index contributed by atoms with van der Waals surface area (Å²) in [7, 11) is -3.42. The number of nitrogens with one attached hydrogen (secondary N) is 1. The van der Waals surface area contributed by atoms with Gasteiger partial charge in [-0.25, -0.2) is 23.4 Å². The molecule has 4 aromatic rings. The number of nitrogens with zero attached hydrogens (tertiary/aromatic N) is 3. The van der Waals surface area contributed by atoms with Crippen molar-refractivity contribution in [2.75, 3.05) is 16.7 Å². The van der Waals surface area contributed by atoms with Crippen LogP contribution in [-0.2, 0) is 16.4 Å². The van der Waals surface area contributed by atoms with Crippen LogP contribution in [0.2, 0.25) is 0 Å². The monoisotopic (exact) mass is 405 g/mol. The lowest BCUT2D eigenvalue weighted by Crippen LogP contribution is -2.10. The second kappa shape index (κ2) is 7.48. The van der Waals surface area contributed by atoms with E-state index in [0.717, 1.165) is 11.8 Å². The molecule has 0 aliphatic rings. The van der Waals surface area contributed by atoms with E-state index in [-0.39, 0.29) is 5.95 Å². The van der Waals surface area contributed by atoms with Crippen LogP contribution < -0.4 is 10.5 Å². The number of para-hydroxylation sites is 1. The van der Waals surface area contributed by atoms with Crippen molar-refractivity contribution in [3.05, 3.63) is 78.0 Å². The van der Waals surface area contributed by atoms with Crippen molar-refractivity contribution >= 4 is 32.7 Å². The molecular weight excluding hydrogens is 386 g/mol. The number of nitrogens with two attached hydrogens (primary N) is 1. The second-order valence-electron chi connectivity index (χ2n) is 6.67. The SMILES string of the molecule is CS(=O)(=O)Nc1ccccc1-c1ccc2nc(N)nc(Cc3ccccc3)c2n1. The Bertz CT molecular complexity index is 1290. The molecule has 0 saturated carbocycles. The highest BCUT2D eigenvalue weighted by atomic mass is 32.2. The number of hydrogen-bond acceptors (Lipinski definition) is 6. The van der Waals surface area contributed by atoms with Gasteiger partial charge < -0.3 is 5.73 Å². The molecule has 3 N–H and O–H groups in total. The Morgan fingerprint density at radius 3 is 2.38 bits per heavy atom. The van der Waals surface area contributed by atoms with Crippen LogP contribution in [0.1, 0.15) is 11.3 Å². The fourth-order valence-corrected chi connectivity index (χ4v) is 3.73. The predicted octanol–water partition coefficient (Wildman–Crippen LogP) is 3.24. The third-order valence-electron chi connectivity index (χ3n) is 4.34. The Labute approximate surface area is 168 Å². The molecule has 0 amide bonds. The lowest BCUT2D eigenvalue weighted by Gasteiger charge is -2.12. The first-order chi connectivity index (χ1) is 13.9. The van der Waals surface area contributed by atoms with Crippen molar-refractivity contribution in [1.29, 1.82) is 0 Å². The molecule has 0 unspecified atom stereocenters. The summed E-state index contributed by atoms with van der Waals surface area (Å²) >= 11 is 0.